The molecule has 0 saturated heterocycles. The minimum Gasteiger partial charge on any atom is -0.494 e. The molecule has 0 bridgehead atoms. The van der Waals surface area contributed by atoms with Gasteiger partial charge in [-0.15, -0.1) is 0 Å². The van der Waals surface area contributed by atoms with Crippen LogP contribution in [0.5, 0.6) is 5.75 Å². The maximum Gasteiger partial charge on any atom is 0.264 e. The van der Waals surface area contributed by atoms with Gasteiger partial charge in [0.15, 0.2) is 0 Å². The number of hydrogen-bond acceptors (Lipinski definition) is 5. The number of ether oxygens (including phenoxy) is 1. The van der Waals surface area contributed by atoms with Crippen molar-refractivity contribution in [1.82, 2.24) is 10.2 Å². The molecule has 3 aromatic carbocycles. The zero-order valence-electron chi connectivity index (χ0n) is 23.8. The topological polar surface area (TPSA) is 96.0 Å². The van der Waals surface area contributed by atoms with Gasteiger partial charge in [-0.25, -0.2) is 8.42 Å². The van der Waals surface area contributed by atoms with Crippen molar-refractivity contribution in [2.45, 2.75) is 64.6 Å². The first-order chi connectivity index (χ1) is 19.1. The molecule has 1 atom stereocenters. The number of carbonyl (C=O) groups excluding carboxylic acids is 2. The molecule has 3 aromatic rings. The summed E-state index contributed by atoms with van der Waals surface area (Å²) >= 11 is 0. The van der Waals surface area contributed by atoms with E-state index in [1.54, 1.807) is 42.5 Å². The van der Waals surface area contributed by atoms with E-state index in [4.69, 9.17) is 4.74 Å². The van der Waals surface area contributed by atoms with Crippen molar-refractivity contribution in [3.05, 3.63) is 90.0 Å². The average Bonchev–Trinajstić information content (AvgIpc) is 2.93. The first kappa shape index (κ1) is 30.7. The number of amides is 2. The summed E-state index contributed by atoms with van der Waals surface area (Å²) in [5.41, 5.74) is 2.23. The standard InChI is InChI=1S/C31H39N3O5S/c1-6-29(31(36)32-23(3)4)33(21-25-15-13-24(5)14-16-25)30(35)22-34(26-17-19-27(20-18-26)39-7-2)40(37,38)28-11-9-8-10-12-28/h8-20,23,29H,6-7,21-22H2,1-5H3,(H,32,36)/t29-/m1/s1. The van der Waals surface area contributed by atoms with Crippen molar-refractivity contribution in [3.8, 4) is 5.75 Å². The molecule has 8 nitrogen and oxygen atoms in total. The molecular weight excluding hydrogens is 526 g/mol. The molecule has 3 rings (SSSR count). The van der Waals surface area contributed by atoms with Crippen LogP contribution in [0.1, 0.15) is 45.2 Å². The fourth-order valence-electron chi connectivity index (χ4n) is 4.31. The van der Waals surface area contributed by atoms with Gasteiger partial charge in [0.25, 0.3) is 10.0 Å². The van der Waals surface area contributed by atoms with Gasteiger partial charge in [-0.2, -0.15) is 0 Å². The summed E-state index contributed by atoms with van der Waals surface area (Å²) in [4.78, 5) is 28.8. The zero-order valence-corrected chi connectivity index (χ0v) is 24.6. The minimum absolute atomic E-state index is 0.0614. The minimum atomic E-state index is -4.11. The highest BCUT2D eigenvalue weighted by Crippen LogP contribution is 2.27. The third-order valence-electron chi connectivity index (χ3n) is 6.34. The molecule has 0 aliphatic heterocycles. The van der Waals surface area contributed by atoms with Crippen LogP contribution in [0.15, 0.2) is 83.8 Å². The van der Waals surface area contributed by atoms with E-state index in [-0.39, 0.29) is 23.4 Å². The Bertz CT molecular complexity index is 1360. The Balaban J connectivity index is 2.04. The number of nitrogens with zero attached hydrogens (tertiary/aromatic N) is 2. The van der Waals surface area contributed by atoms with Gasteiger partial charge in [0, 0.05) is 12.6 Å². The number of benzene rings is 3. The smallest absolute Gasteiger partial charge is 0.264 e. The lowest BCUT2D eigenvalue weighted by Gasteiger charge is -2.33. The molecule has 1 N–H and O–H groups in total. The summed E-state index contributed by atoms with van der Waals surface area (Å²) in [5, 5.41) is 2.90. The Hall–Kier alpha value is -3.85. The van der Waals surface area contributed by atoms with Crippen molar-refractivity contribution in [1.29, 1.82) is 0 Å². The Morgan fingerprint density at radius 1 is 0.900 bits per heavy atom. The normalized spacial score (nSPS) is 12.1. The van der Waals surface area contributed by atoms with E-state index in [1.165, 1.54) is 17.0 Å². The van der Waals surface area contributed by atoms with Crippen LogP contribution in [0.3, 0.4) is 0 Å². The molecule has 0 aliphatic rings. The Morgan fingerprint density at radius 2 is 1.52 bits per heavy atom. The van der Waals surface area contributed by atoms with Gasteiger partial charge < -0.3 is 15.0 Å². The highest BCUT2D eigenvalue weighted by Gasteiger charge is 2.33. The van der Waals surface area contributed by atoms with Crippen LogP contribution < -0.4 is 14.4 Å². The lowest BCUT2D eigenvalue weighted by molar-refractivity contribution is -0.140. The lowest BCUT2D eigenvalue weighted by atomic mass is 10.1. The number of anilines is 1. The van der Waals surface area contributed by atoms with E-state index < -0.39 is 28.5 Å². The third-order valence-corrected chi connectivity index (χ3v) is 8.12. The van der Waals surface area contributed by atoms with E-state index in [1.807, 2.05) is 58.9 Å². The lowest BCUT2D eigenvalue weighted by Crippen LogP contribution is -2.53. The first-order valence-electron chi connectivity index (χ1n) is 13.5. The quantitative estimate of drug-likeness (QED) is 0.317. The predicted octanol–water partition coefficient (Wildman–Crippen LogP) is 4.92. The molecule has 0 aromatic heterocycles. The highest BCUT2D eigenvalue weighted by atomic mass is 32.2. The molecule has 214 valence electrons. The molecule has 0 spiro atoms. The first-order valence-corrected chi connectivity index (χ1v) is 15.0. The second-order valence-electron chi connectivity index (χ2n) is 9.85. The van der Waals surface area contributed by atoms with Gasteiger partial charge in [-0.1, -0.05) is 55.0 Å². The maximum absolute atomic E-state index is 14.1. The molecule has 9 heteroatoms. The fourth-order valence-corrected chi connectivity index (χ4v) is 5.75. The van der Waals surface area contributed by atoms with Crippen LogP contribution in [0, 0.1) is 6.92 Å². The molecule has 2 amide bonds. The van der Waals surface area contributed by atoms with Crippen molar-refractivity contribution in [2.75, 3.05) is 17.5 Å². The van der Waals surface area contributed by atoms with Crippen molar-refractivity contribution in [2.24, 2.45) is 0 Å². The number of carbonyl (C=O) groups is 2. The molecule has 0 fully saturated rings. The van der Waals surface area contributed by atoms with Gasteiger partial charge in [0.1, 0.15) is 18.3 Å². The van der Waals surface area contributed by atoms with Gasteiger partial charge in [-0.05, 0) is 76.1 Å². The number of sulfonamides is 1. The summed E-state index contributed by atoms with van der Waals surface area (Å²) in [5.74, 6) is -0.178. The van der Waals surface area contributed by atoms with Crippen LogP contribution in [-0.2, 0) is 26.2 Å². The van der Waals surface area contributed by atoms with Crippen molar-refractivity contribution in [3.63, 3.8) is 0 Å². The predicted molar refractivity (Wildman–Crippen MR) is 158 cm³/mol. The third kappa shape index (κ3) is 7.85. The van der Waals surface area contributed by atoms with Crippen molar-refractivity contribution < 1.29 is 22.7 Å². The van der Waals surface area contributed by atoms with Gasteiger partial charge in [-0.3, -0.25) is 13.9 Å². The highest BCUT2D eigenvalue weighted by molar-refractivity contribution is 7.92. The molecule has 0 aliphatic carbocycles. The second-order valence-corrected chi connectivity index (χ2v) is 11.7. The average molecular weight is 566 g/mol. The van der Waals surface area contributed by atoms with Crippen LogP contribution in [0.2, 0.25) is 0 Å². The summed E-state index contributed by atoms with van der Waals surface area (Å²) in [6.45, 7) is 9.53. The summed E-state index contributed by atoms with van der Waals surface area (Å²) < 4.78 is 34.3. The molecular formula is C31H39N3O5S. The van der Waals surface area contributed by atoms with E-state index in [0.29, 0.717) is 24.5 Å². The molecule has 0 saturated carbocycles. The maximum atomic E-state index is 14.1. The van der Waals surface area contributed by atoms with Crippen LogP contribution >= 0.6 is 0 Å². The molecule has 40 heavy (non-hydrogen) atoms. The largest absolute Gasteiger partial charge is 0.494 e. The van der Waals surface area contributed by atoms with E-state index >= 15 is 0 Å². The zero-order chi connectivity index (χ0) is 29.3. The molecule has 0 heterocycles. The van der Waals surface area contributed by atoms with Crippen LogP contribution in [0.4, 0.5) is 5.69 Å². The van der Waals surface area contributed by atoms with E-state index in [2.05, 4.69) is 5.32 Å². The van der Waals surface area contributed by atoms with Crippen LogP contribution in [0.25, 0.3) is 0 Å². The number of nitrogens with one attached hydrogen (secondary N) is 1. The summed E-state index contributed by atoms with van der Waals surface area (Å²) in [6.07, 6.45) is 0.366. The van der Waals surface area contributed by atoms with E-state index in [0.717, 1.165) is 15.4 Å². The van der Waals surface area contributed by atoms with Gasteiger partial charge >= 0.3 is 0 Å². The fraction of sp³-hybridized carbons (Fsp3) is 0.355. The SMILES string of the molecule is CCOc1ccc(N(CC(=O)N(Cc2ccc(C)cc2)[C@H](CC)C(=O)NC(C)C)S(=O)(=O)c2ccccc2)cc1. The summed E-state index contributed by atoms with van der Waals surface area (Å²) in [7, 11) is -4.11. The molecule has 0 radical (unpaired) electrons. The number of hydrogen-bond donors (Lipinski definition) is 1. The summed E-state index contributed by atoms with van der Waals surface area (Å²) in [6, 6.07) is 21.4. The van der Waals surface area contributed by atoms with E-state index in [9.17, 15) is 18.0 Å². The Labute approximate surface area is 238 Å². The van der Waals surface area contributed by atoms with Gasteiger partial charge in [0.2, 0.25) is 11.8 Å². The molecule has 0 unspecified atom stereocenters. The Kier molecular flexibility index (Phi) is 10.7. The Morgan fingerprint density at radius 3 is 2.08 bits per heavy atom. The number of rotatable bonds is 13. The van der Waals surface area contributed by atoms with Crippen molar-refractivity contribution >= 4 is 27.5 Å². The monoisotopic (exact) mass is 565 g/mol. The number of aryl methyl sites for hydroxylation is 1. The van der Waals surface area contributed by atoms with Crippen LogP contribution in [-0.4, -0.2) is 50.4 Å². The van der Waals surface area contributed by atoms with Gasteiger partial charge in [0.05, 0.1) is 17.2 Å². The second kappa shape index (κ2) is 14.0.